The van der Waals surface area contributed by atoms with Gasteiger partial charge in [0.25, 0.3) is 0 Å². The summed E-state index contributed by atoms with van der Waals surface area (Å²) in [5.41, 5.74) is 2.58. The Morgan fingerprint density at radius 3 is 1.81 bits per heavy atom. The van der Waals surface area contributed by atoms with Crippen molar-refractivity contribution in [2.75, 3.05) is 26.4 Å². The molecule has 0 spiro atoms. The molecule has 4 aromatic carbocycles. The molecule has 0 heterocycles. The summed E-state index contributed by atoms with van der Waals surface area (Å²) in [4.78, 5) is 37.6. The van der Waals surface area contributed by atoms with E-state index in [0.29, 0.717) is 58.5 Å². The minimum Gasteiger partial charge on any atom is -0.490 e. The van der Waals surface area contributed by atoms with Gasteiger partial charge in [0.15, 0.2) is 0 Å². The van der Waals surface area contributed by atoms with E-state index in [1.54, 1.807) is 78.9 Å². The van der Waals surface area contributed by atoms with E-state index in [1.165, 1.54) is 6.42 Å². The second-order valence-corrected chi connectivity index (χ2v) is 13.2. The van der Waals surface area contributed by atoms with E-state index in [0.717, 1.165) is 24.0 Å². The number of rotatable bonds is 16. The predicted molar refractivity (Wildman–Crippen MR) is 198 cm³/mol. The van der Waals surface area contributed by atoms with Gasteiger partial charge in [-0.3, -0.25) is 0 Å². The summed E-state index contributed by atoms with van der Waals surface area (Å²) in [6.07, 6.45) is 5.03. The van der Waals surface area contributed by atoms with E-state index >= 15 is 0 Å². The van der Waals surface area contributed by atoms with Crippen molar-refractivity contribution in [1.29, 1.82) is 0 Å². The van der Waals surface area contributed by atoms with Crippen LogP contribution in [0.15, 0.2) is 110 Å². The smallest absolute Gasteiger partial charge is 0.343 e. The van der Waals surface area contributed by atoms with E-state index in [2.05, 4.69) is 27.4 Å². The number of hydrogen-bond acceptors (Lipinski definition) is 9. The van der Waals surface area contributed by atoms with Crippen LogP contribution in [0.2, 0.25) is 0 Å². The minimum absolute atomic E-state index is 0.0548. The van der Waals surface area contributed by atoms with Crippen molar-refractivity contribution in [2.45, 2.75) is 46.1 Å². The molecule has 1 saturated carbocycles. The van der Waals surface area contributed by atoms with Gasteiger partial charge < -0.3 is 28.4 Å². The van der Waals surface area contributed by atoms with Gasteiger partial charge in [0.1, 0.15) is 49.4 Å². The number of ether oxygens (including phenoxy) is 6. The first kappa shape index (κ1) is 37.8. The lowest BCUT2D eigenvalue weighted by Crippen LogP contribution is -2.36. The van der Waals surface area contributed by atoms with Crippen molar-refractivity contribution in [3.05, 3.63) is 121 Å². The Morgan fingerprint density at radius 2 is 1.23 bits per heavy atom. The van der Waals surface area contributed by atoms with E-state index in [-0.39, 0.29) is 25.9 Å². The van der Waals surface area contributed by atoms with Crippen LogP contribution in [0.4, 0.5) is 0 Å². The Bertz CT molecular complexity index is 1760. The molecular weight excluding hydrogens is 660 g/mol. The third kappa shape index (κ3) is 11.0. The maximum atomic E-state index is 12.8. The molecule has 0 N–H and O–H groups in total. The summed E-state index contributed by atoms with van der Waals surface area (Å²) in [5, 5.41) is 0. The van der Waals surface area contributed by atoms with Gasteiger partial charge in [-0.05, 0) is 115 Å². The summed E-state index contributed by atoms with van der Waals surface area (Å²) in [6, 6.07) is 27.5. The van der Waals surface area contributed by atoms with Crippen LogP contribution in [0.25, 0.3) is 11.1 Å². The molecule has 1 fully saturated rings. The highest BCUT2D eigenvalue weighted by Gasteiger charge is 2.32. The van der Waals surface area contributed by atoms with Gasteiger partial charge in [0, 0.05) is 0 Å². The Balaban J connectivity index is 1.03. The summed E-state index contributed by atoms with van der Waals surface area (Å²) >= 11 is 0. The number of carbonyl (C=O) groups excluding carboxylic acids is 3. The second-order valence-electron chi connectivity index (χ2n) is 13.2. The van der Waals surface area contributed by atoms with Crippen LogP contribution in [-0.2, 0) is 14.3 Å². The molecule has 0 aliphatic heterocycles. The molecule has 3 atom stereocenters. The van der Waals surface area contributed by atoms with E-state index in [4.69, 9.17) is 28.4 Å². The number of carbonyl (C=O) groups is 3. The normalized spacial score (nSPS) is 16.8. The van der Waals surface area contributed by atoms with Gasteiger partial charge in [-0.15, -0.1) is 0 Å². The Morgan fingerprint density at radius 1 is 0.692 bits per heavy atom. The van der Waals surface area contributed by atoms with Crippen LogP contribution in [0, 0.1) is 17.8 Å². The standard InChI is InChI=1S/C43H46O9/c1-5-24-47-35-15-11-33(12-16-35)42(45)49-26-25-48-36-17-13-34(14-18-36)43(46)52-38-21-9-32(10-22-38)31-7-19-37(20-8-31)51-41(44)28-50-40-27-30(4)6-23-39(40)29(2)3/h5,7-22,29-30,39-40H,1,6,23-28H2,2-4H3. The lowest BCUT2D eigenvalue weighted by Gasteiger charge is -2.36. The Kier molecular flexibility index (Phi) is 13.6. The molecule has 1 aliphatic rings. The van der Waals surface area contributed by atoms with Crippen LogP contribution >= 0.6 is 0 Å². The average molecular weight is 707 g/mol. The monoisotopic (exact) mass is 706 g/mol. The van der Waals surface area contributed by atoms with Gasteiger partial charge in [-0.25, -0.2) is 14.4 Å². The molecule has 272 valence electrons. The largest absolute Gasteiger partial charge is 0.490 e. The first-order valence-corrected chi connectivity index (χ1v) is 17.7. The highest BCUT2D eigenvalue weighted by atomic mass is 16.6. The van der Waals surface area contributed by atoms with Crippen LogP contribution in [0.3, 0.4) is 0 Å². The molecule has 0 bridgehead atoms. The first-order chi connectivity index (χ1) is 25.2. The van der Waals surface area contributed by atoms with E-state index in [1.807, 2.05) is 24.3 Å². The molecule has 9 heteroatoms. The first-order valence-electron chi connectivity index (χ1n) is 17.7. The number of benzene rings is 4. The highest BCUT2D eigenvalue weighted by molar-refractivity contribution is 5.91. The van der Waals surface area contributed by atoms with Gasteiger partial charge in [-0.2, -0.15) is 0 Å². The lowest BCUT2D eigenvalue weighted by atomic mass is 9.75. The summed E-state index contributed by atoms with van der Waals surface area (Å²) in [5.74, 6) is 2.19. The molecule has 9 nitrogen and oxygen atoms in total. The predicted octanol–water partition coefficient (Wildman–Crippen LogP) is 8.76. The van der Waals surface area contributed by atoms with E-state index in [9.17, 15) is 14.4 Å². The minimum atomic E-state index is -0.512. The van der Waals surface area contributed by atoms with Crippen LogP contribution < -0.4 is 18.9 Å². The molecule has 0 saturated heterocycles. The molecule has 5 rings (SSSR count). The fourth-order valence-electron chi connectivity index (χ4n) is 6.15. The molecule has 0 radical (unpaired) electrons. The quantitative estimate of drug-likeness (QED) is 0.0489. The molecule has 4 aromatic rings. The zero-order valence-corrected chi connectivity index (χ0v) is 30.0. The van der Waals surface area contributed by atoms with Crippen molar-refractivity contribution in [1.82, 2.24) is 0 Å². The van der Waals surface area contributed by atoms with Crippen molar-refractivity contribution >= 4 is 17.9 Å². The zero-order chi connectivity index (χ0) is 36.9. The maximum Gasteiger partial charge on any atom is 0.343 e. The highest BCUT2D eigenvalue weighted by Crippen LogP contribution is 2.35. The molecule has 1 aliphatic carbocycles. The Hall–Kier alpha value is -5.41. The van der Waals surface area contributed by atoms with Gasteiger partial charge in [-0.1, -0.05) is 64.1 Å². The second kappa shape index (κ2) is 18.7. The van der Waals surface area contributed by atoms with Crippen molar-refractivity contribution in [3.8, 4) is 34.1 Å². The van der Waals surface area contributed by atoms with Crippen molar-refractivity contribution in [3.63, 3.8) is 0 Å². The van der Waals surface area contributed by atoms with Gasteiger partial charge in [0.2, 0.25) is 0 Å². The van der Waals surface area contributed by atoms with Crippen molar-refractivity contribution in [2.24, 2.45) is 17.8 Å². The topological polar surface area (TPSA) is 107 Å². The molecule has 52 heavy (non-hydrogen) atoms. The average Bonchev–Trinajstić information content (AvgIpc) is 3.15. The Labute approximate surface area is 305 Å². The lowest BCUT2D eigenvalue weighted by molar-refractivity contribution is -0.145. The molecular formula is C43H46O9. The van der Waals surface area contributed by atoms with Crippen LogP contribution in [0.1, 0.15) is 60.7 Å². The summed E-state index contributed by atoms with van der Waals surface area (Å²) < 4.78 is 33.5. The molecule has 3 unspecified atom stereocenters. The van der Waals surface area contributed by atoms with Crippen LogP contribution in [-0.4, -0.2) is 50.4 Å². The maximum absolute atomic E-state index is 12.8. The van der Waals surface area contributed by atoms with Crippen LogP contribution in [0.5, 0.6) is 23.0 Å². The summed E-state index contributed by atoms with van der Waals surface area (Å²) in [7, 11) is 0. The SMILES string of the molecule is C=CCOc1ccc(C(=O)OCCOc2ccc(C(=O)Oc3ccc(-c4ccc(OC(=O)COC5CC(C)CCC5C(C)C)cc4)cc3)cc2)cc1. The fraction of sp³-hybridized carbons (Fsp3) is 0.326. The molecule has 0 aromatic heterocycles. The summed E-state index contributed by atoms with van der Waals surface area (Å²) in [6.45, 7) is 10.8. The van der Waals surface area contributed by atoms with Gasteiger partial charge in [0.05, 0.1) is 17.2 Å². The third-order valence-electron chi connectivity index (χ3n) is 8.99. The third-order valence-corrected chi connectivity index (χ3v) is 8.99. The zero-order valence-electron chi connectivity index (χ0n) is 30.0. The molecule has 0 amide bonds. The number of esters is 3. The van der Waals surface area contributed by atoms with Gasteiger partial charge >= 0.3 is 17.9 Å². The number of hydrogen-bond donors (Lipinski definition) is 0. The fourth-order valence-corrected chi connectivity index (χ4v) is 6.15. The van der Waals surface area contributed by atoms with E-state index < -0.39 is 17.9 Å². The van der Waals surface area contributed by atoms with Crippen molar-refractivity contribution < 1.29 is 42.8 Å².